The second-order valence-electron chi connectivity index (χ2n) is 6.98. The van der Waals surface area contributed by atoms with E-state index in [0.29, 0.717) is 27.7 Å². The number of amides is 2. The molecule has 2 amide bonds. The van der Waals surface area contributed by atoms with Crippen molar-refractivity contribution >= 4 is 34.8 Å². The molecule has 0 bridgehead atoms. The standard InChI is InChI=1S/C25H19ClN2O3/c1-16-6-2-3-11-21(16)24(29)27-19-9-5-10-20(15-19)28-25(30)23-13-12-22(31-23)17-7-4-8-18(26)14-17/h2-15H,1H3,(H,27,29)(H,28,30). The molecule has 0 unspecified atom stereocenters. The third-order valence-corrected chi connectivity index (χ3v) is 4.94. The van der Waals surface area contributed by atoms with E-state index in [1.165, 1.54) is 0 Å². The van der Waals surface area contributed by atoms with Gasteiger partial charge in [0.05, 0.1) is 0 Å². The van der Waals surface area contributed by atoms with Crippen LogP contribution in [0.3, 0.4) is 0 Å². The molecule has 0 atom stereocenters. The lowest BCUT2D eigenvalue weighted by molar-refractivity contribution is 0.0995. The number of benzene rings is 3. The van der Waals surface area contributed by atoms with E-state index in [4.69, 9.17) is 16.0 Å². The SMILES string of the molecule is Cc1ccccc1C(=O)Nc1cccc(NC(=O)c2ccc(-c3cccc(Cl)c3)o2)c1. The summed E-state index contributed by atoms with van der Waals surface area (Å²) >= 11 is 6.02. The molecule has 0 aliphatic heterocycles. The maximum atomic E-state index is 12.6. The molecule has 5 nitrogen and oxygen atoms in total. The summed E-state index contributed by atoms with van der Waals surface area (Å²) in [6, 6.07) is 24.8. The zero-order valence-electron chi connectivity index (χ0n) is 16.7. The number of carbonyl (C=O) groups is 2. The summed E-state index contributed by atoms with van der Waals surface area (Å²) in [6.45, 7) is 1.88. The lowest BCUT2D eigenvalue weighted by atomic mass is 10.1. The molecular weight excluding hydrogens is 412 g/mol. The van der Waals surface area contributed by atoms with E-state index in [0.717, 1.165) is 11.1 Å². The molecule has 31 heavy (non-hydrogen) atoms. The average molecular weight is 431 g/mol. The van der Waals surface area contributed by atoms with Crippen molar-refractivity contribution in [1.29, 1.82) is 0 Å². The average Bonchev–Trinajstić information content (AvgIpc) is 3.25. The molecule has 154 valence electrons. The summed E-state index contributed by atoms with van der Waals surface area (Å²) in [7, 11) is 0. The molecule has 0 radical (unpaired) electrons. The van der Waals surface area contributed by atoms with Crippen molar-refractivity contribution in [2.45, 2.75) is 6.92 Å². The number of hydrogen-bond acceptors (Lipinski definition) is 3. The zero-order valence-corrected chi connectivity index (χ0v) is 17.4. The van der Waals surface area contributed by atoms with E-state index in [9.17, 15) is 9.59 Å². The van der Waals surface area contributed by atoms with Crippen LogP contribution in [0.2, 0.25) is 5.02 Å². The minimum atomic E-state index is -0.393. The molecule has 1 heterocycles. The predicted molar refractivity (Wildman–Crippen MR) is 123 cm³/mol. The molecule has 4 aromatic rings. The van der Waals surface area contributed by atoms with Crippen molar-refractivity contribution in [2.75, 3.05) is 10.6 Å². The van der Waals surface area contributed by atoms with Crippen LogP contribution in [-0.4, -0.2) is 11.8 Å². The fourth-order valence-electron chi connectivity index (χ4n) is 3.15. The highest BCUT2D eigenvalue weighted by Gasteiger charge is 2.14. The lowest BCUT2D eigenvalue weighted by Crippen LogP contribution is -2.14. The van der Waals surface area contributed by atoms with E-state index in [1.54, 1.807) is 54.6 Å². The third-order valence-electron chi connectivity index (χ3n) is 4.71. The van der Waals surface area contributed by atoms with Gasteiger partial charge in [0.1, 0.15) is 5.76 Å². The Bertz CT molecular complexity index is 1260. The van der Waals surface area contributed by atoms with Crippen molar-refractivity contribution < 1.29 is 14.0 Å². The van der Waals surface area contributed by atoms with Crippen molar-refractivity contribution in [2.24, 2.45) is 0 Å². The van der Waals surface area contributed by atoms with Gasteiger partial charge in [-0.2, -0.15) is 0 Å². The maximum Gasteiger partial charge on any atom is 0.291 e. The first kappa shape index (κ1) is 20.4. The molecule has 6 heteroatoms. The second kappa shape index (κ2) is 8.90. The van der Waals surface area contributed by atoms with Gasteiger partial charge in [-0.25, -0.2) is 0 Å². The number of anilines is 2. The largest absolute Gasteiger partial charge is 0.451 e. The predicted octanol–water partition coefficient (Wildman–Crippen LogP) is 6.41. The van der Waals surface area contributed by atoms with Gasteiger partial charge in [0, 0.05) is 27.5 Å². The quantitative estimate of drug-likeness (QED) is 0.384. The van der Waals surface area contributed by atoms with Crippen LogP contribution in [-0.2, 0) is 0 Å². The summed E-state index contributed by atoms with van der Waals surface area (Å²) in [4.78, 5) is 25.1. The normalized spacial score (nSPS) is 10.5. The molecule has 0 aliphatic rings. The number of aryl methyl sites for hydroxylation is 1. The topological polar surface area (TPSA) is 71.3 Å². The number of nitrogens with one attached hydrogen (secondary N) is 2. The van der Waals surface area contributed by atoms with Gasteiger partial charge in [-0.3, -0.25) is 9.59 Å². The molecule has 4 rings (SSSR count). The Morgan fingerprint density at radius 1 is 0.774 bits per heavy atom. The van der Waals surface area contributed by atoms with Crippen LogP contribution in [0.5, 0.6) is 0 Å². The molecule has 1 aromatic heterocycles. The van der Waals surface area contributed by atoms with Crippen LogP contribution in [0.15, 0.2) is 89.3 Å². The Morgan fingerprint density at radius 3 is 2.23 bits per heavy atom. The molecule has 2 N–H and O–H groups in total. The van der Waals surface area contributed by atoms with E-state index in [-0.39, 0.29) is 11.7 Å². The van der Waals surface area contributed by atoms with Crippen LogP contribution < -0.4 is 10.6 Å². The summed E-state index contributed by atoms with van der Waals surface area (Å²) in [5.74, 6) is 0.116. The highest BCUT2D eigenvalue weighted by molar-refractivity contribution is 6.30. The van der Waals surface area contributed by atoms with E-state index < -0.39 is 5.91 Å². The first-order valence-electron chi connectivity index (χ1n) is 9.64. The number of carbonyl (C=O) groups excluding carboxylic acids is 2. The van der Waals surface area contributed by atoms with Gasteiger partial charge in [-0.15, -0.1) is 0 Å². The van der Waals surface area contributed by atoms with Crippen LogP contribution in [0.1, 0.15) is 26.5 Å². The smallest absolute Gasteiger partial charge is 0.291 e. The summed E-state index contributed by atoms with van der Waals surface area (Å²) in [5.41, 5.74) is 3.38. The molecular formula is C25H19ClN2O3. The van der Waals surface area contributed by atoms with Crippen molar-refractivity contribution in [1.82, 2.24) is 0 Å². The maximum absolute atomic E-state index is 12.6. The van der Waals surface area contributed by atoms with E-state index in [1.807, 2.05) is 37.3 Å². The highest BCUT2D eigenvalue weighted by atomic mass is 35.5. The Hall–Kier alpha value is -3.83. The Morgan fingerprint density at radius 2 is 1.48 bits per heavy atom. The first-order chi connectivity index (χ1) is 15.0. The molecule has 0 saturated carbocycles. The number of hydrogen-bond donors (Lipinski definition) is 2. The number of rotatable bonds is 5. The van der Waals surface area contributed by atoms with Gasteiger partial charge < -0.3 is 15.1 Å². The van der Waals surface area contributed by atoms with Crippen molar-refractivity contribution in [3.63, 3.8) is 0 Å². The monoisotopic (exact) mass is 430 g/mol. The van der Waals surface area contributed by atoms with Gasteiger partial charge in [0.15, 0.2) is 5.76 Å². The minimum absolute atomic E-state index is 0.171. The first-order valence-corrected chi connectivity index (χ1v) is 10.0. The van der Waals surface area contributed by atoms with E-state index >= 15 is 0 Å². The molecule has 0 saturated heterocycles. The van der Waals surface area contributed by atoms with Crippen LogP contribution >= 0.6 is 11.6 Å². The number of halogens is 1. The summed E-state index contributed by atoms with van der Waals surface area (Å²) < 4.78 is 5.68. The number of furan rings is 1. The van der Waals surface area contributed by atoms with E-state index in [2.05, 4.69) is 10.6 Å². The Kier molecular flexibility index (Phi) is 5.87. The van der Waals surface area contributed by atoms with Crippen LogP contribution in [0.4, 0.5) is 11.4 Å². The van der Waals surface area contributed by atoms with Gasteiger partial charge in [0.2, 0.25) is 0 Å². The van der Waals surface area contributed by atoms with Gasteiger partial charge >= 0.3 is 0 Å². The highest BCUT2D eigenvalue weighted by Crippen LogP contribution is 2.25. The van der Waals surface area contributed by atoms with Gasteiger partial charge in [0.25, 0.3) is 11.8 Å². The van der Waals surface area contributed by atoms with Crippen LogP contribution in [0, 0.1) is 6.92 Å². The summed E-state index contributed by atoms with van der Waals surface area (Å²) in [6.07, 6.45) is 0. The lowest BCUT2D eigenvalue weighted by Gasteiger charge is -2.09. The molecule has 0 spiro atoms. The second-order valence-corrected chi connectivity index (χ2v) is 7.41. The Labute approximate surface area is 184 Å². The van der Waals surface area contributed by atoms with Gasteiger partial charge in [-0.05, 0) is 61.0 Å². The van der Waals surface area contributed by atoms with Gasteiger partial charge in [-0.1, -0.05) is 48.0 Å². The molecule has 3 aromatic carbocycles. The molecule has 0 fully saturated rings. The van der Waals surface area contributed by atoms with Crippen LogP contribution in [0.25, 0.3) is 11.3 Å². The minimum Gasteiger partial charge on any atom is -0.451 e. The third kappa shape index (κ3) is 4.85. The molecule has 0 aliphatic carbocycles. The fraction of sp³-hybridized carbons (Fsp3) is 0.0400. The fourth-order valence-corrected chi connectivity index (χ4v) is 3.34. The van der Waals surface area contributed by atoms with Crippen molar-refractivity contribution in [3.8, 4) is 11.3 Å². The zero-order chi connectivity index (χ0) is 21.8. The Balaban J connectivity index is 1.46. The summed E-state index contributed by atoms with van der Waals surface area (Å²) in [5, 5.41) is 6.23. The van der Waals surface area contributed by atoms with Crippen molar-refractivity contribution in [3.05, 3.63) is 107 Å².